The first kappa shape index (κ1) is 9.26. The molecule has 0 aromatic heterocycles. The summed E-state index contributed by atoms with van der Waals surface area (Å²) in [6.07, 6.45) is 4.16. The second-order valence-electron chi connectivity index (χ2n) is 6.19. The molecule has 5 unspecified atom stereocenters. The van der Waals surface area contributed by atoms with E-state index in [2.05, 4.69) is 6.92 Å². The minimum absolute atomic E-state index is 0.105. The zero-order valence-corrected chi connectivity index (χ0v) is 9.90. The van der Waals surface area contributed by atoms with Gasteiger partial charge in [0.1, 0.15) is 6.10 Å². The van der Waals surface area contributed by atoms with Crippen molar-refractivity contribution < 1.29 is 9.53 Å². The van der Waals surface area contributed by atoms with Crippen molar-refractivity contribution in [2.24, 2.45) is 29.6 Å². The second kappa shape index (κ2) is 2.72. The van der Waals surface area contributed by atoms with E-state index in [9.17, 15) is 4.79 Å². The van der Waals surface area contributed by atoms with Crippen molar-refractivity contribution in [2.75, 3.05) is 0 Å². The third kappa shape index (κ3) is 0.964. The van der Waals surface area contributed by atoms with Gasteiger partial charge in [0, 0.05) is 12.8 Å². The highest BCUT2D eigenvalue weighted by molar-refractivity contribution is 5.66. The molecule has 6 atom stereocenters. The Balaban J connectivity index is 1.76. The number of esters is 1. The summed E-state index contributed by atoms with van der Waals surface area (Å²) in [4.78, 5) is 11.2. The summed E-state index contributed by atoms with van der Waals surface area (Å²) < 4.78 is 5.61. The quantitative estimate of drug-likeness (QED) is 0.499. The average molecular weight is 218 g/mol. The summed E-state index contributed by atoms with van der Waals surface area (Å²) in [7, 11) is 0. The van der Waals surface area contributed by atoms with Crippen LogP contribution in [0.2, 0.25) is 0 Å². The van der Waals surface area contributed by atoms with Gasteiger partial charge in [-0.25, -0.2) is 0 Å². The molecule has 2 nitrogen and oxygen atoms in total. The van der Waals surface area contributed by atoms with Crippen LogP contribution in [-0.4, -0.2) is 12.1 Å². The van der Waals surface area contributed by atoms with Crippen LogP contribution in [-0.2, 0) is 9.53 Å². The third-order valence-electron chi connectivity index (χ3n) is 5.57. The number of carbonyl (C=O) groups is 1. The van der Waals surface area contributed by atoms with E-state index in [1.807, 2.05) is 0 Å². The Bertz CT molecular complexity index is 409. The van der Waals surface area contributed by atoms with E-state index in [1.54, 1.807) is 12.5 Å². The summed E-state index contributed by atoms with van der Waals surface area (Å²) in [5.41, 5.74) is 3.01. The average Bonchev–Trinajstić information content (AvgIpc) is 2.78. The first-order valence-electron chi connectivity index (χ1n) is 6.52. The van der Waals surface area contributed by atoms with Crippen LogP contribution in [0.4, 0.5) is 0 Å². The van der Waals surface area contributed by atoms with Gasteiger partial charge in [0.25, 0.3) is 0 Å². The van der Waals surface area contributed by atoms with Crippen LogP contribution in [0.5, 0.6) is 0 Å². The molecule has 0 N–H and O–H groups in total. The summed E-state index contributed by atoms with van der Waals surface area (Å²) in [5.74, 6) is 4.24. The van der Waals surface area contributed by atoms with Gasteiger partial charge in [0.05, 0.1) is 0 Å². The van der Waals surface area contributed by atoms with E-state index in [-0.39, 0.29) is 12.1 Å². The third-order valence-corrected chi connectivity index (χ3v) is 5.57. The van der Waals surface area contributed by atoms with Crippen molar-refractivity contribution in [3.05, 3.63) is 11.1 Å². The Morgan fingerprint density at radius 1 is 1.19 bits per heavy atom. The van der Waals surface area contributed by atoms with Gasteiger partial charge in [-0.1, -0.05) is 5.57 Å². The lowest BCUT2D eigenvalue weighted by molar-refractivity contribution is -0.148. The Hall–Kier alpha value is -0.790. The maximum atomic E-state index is 11.2. The van der Waals surface area contributed by atoms with Crippen LogP contribution in [0.3, 0.4) is 0 Å². The topological polar surface area (TPSA) is 26.3 Å². The molecular formula is C14H18O2. The fraction of sp³-hybridized carbons (Fsp3) is 0.786. The van der Waals surface area contributed by atoms with Crippen LogP contribution >= 0.6 is 0 Å². The first-order valence-corrected chi connectivity index (χ1v) is 6.52. The van der Waals surface area contributed by atoms with Gasteiger partial charge in [-0.2, -0.15) is 0 Å². The van der Waals surface area contributed by atoms with Crippen molar-refractivity contribution in [1.82, 2.24) is 0 Å². The molecule has 2 bridgehead atoms. The van der Waals surface area contributed by atoms with Gasteiger partial charge in [-0.3, -0.25) is 4.79 Å². The van der Waals surface area contributed by atoms with Crippen molar-refractivity contribution >= 4 is 5.97 Å². The van der Waals surface area contributed by atoms with Gasteiger partial charge in [0.15, 0.2) is 0 Å². The molecule has 4 aliphatic rings. The molecule has 0 spiro atoms. The molecule has 4 rings (SSSR count). The largest absolute Gasteiger partial charge is 0.458 e. The van der Waals surface area contributed by atoms with Crippen molar-refractivity contribution in [3.63, 3.8) is 0 Å². The van der Waals surface area contributed by atoms with Gasteiger partial charge < -0.3 is 4.74 Å². The van der Waals surface area contributed by atoms with E-state index in [1.165, 1.54) is 24.8 Å². The summed E-state index contributed by atoms with van der Waals surface area (Å²) in [6.45, 7) is 3.74. The molecule has 2 heteroatoms. The molecule has 0 heterocycles. The van der Waals surface area contributed by atoms with Gasteiger partial charge >= 0.3 is 5.97 Å². The summed E-state index contributed by atoms with van der Waals surface area (Å²) in [5, 5.41) is 0. The normalized spacial score (nSPS) is 51.6. The van der Waals surface area contributed by atoms with Crippen LogP contribution < -0.4 is 0 Å². The van der Waals surface area contributed by atoms with Crippen LogP contribution in [0, 0.1) is 29.6 Å². The van der Waals surface area contributed by atoms with E-state index < -0.39 is 0 Å². The number of ether oxygens (including phenoxy) is 1. The molecule has 16 heavy (non-hydrogen) atoms. The standard InChI is InChI=1S/C14H18O2/c1-6-8-3-9-10-5-12(10)13(11(9)4-8)14(6)16-7(2)15/h9-14H,3-5H2,1-2H3/t9?,10?,11?,12?,13?,14-/m0/s1. The Morgan fingerprint density at radius 2 is 1.94 bits per heavy atom. The Labute approximate surface area is 96.0 Å². The number of fused-ring (bicyclic) bond motifs is 4. The lowest BCUT2D eigenvalue weighted by Gasteiger charge is -2.34. The molecular weight excluding hydrogens is 200 g/mol. The number of carbonyl (C=O) groups excluding carboxylic acids is 1. The fourth-order valence-electron chi connectivity index (χ4n) is 4.94. The van der Waals surface area contributed by atoms with Crippen molar-refractivity contribution in [2.45, 2.75) is 39.2 Å². The minimum atomic E-state index is -0.105. The highest BCUT2D eigenvalue weighted by atomic mass is 16.5. The van der Waals surface area contributed by atoms with Crippen molar-refractivity contribution in [1.29, 1.82) is 0 Å². The first-order chi connectivity index (χ1) is 7.66. The minimum Gasteiger partial charge on any atom is -0.458 e. The molecule has 0 radical (unpaired) electrons. The number of hydrogen-bond acceptors (Lipinski definition) is 2. The van der Waals surface area contributed by atoms with Gasteiger partial charge in [-0.05, 0) is 55.4 Å². The number of rotatable bonds is 1. The SMILES string of the molecule is CC(=O)O[C@H]1C(C)=C2CC3C4CC4C1C3C2. The molecule has 86 valence electrons. The second-order valence-corrected chi connectivity index (χ2v) is 6.19. The zero-order chi connectivity index (χ0) is 11.0. The summed E-state index contributed by atoms with van der Waals surface area (Å²) in [6, 6.07) is 0. The predicted molar refractivity (Wildman–Crippen MR) is 59.6 cm³/mol. The monoisotopic (exact) mass is 218 g/mol. The Kier molecular flexibility index (Phi) is 1.57. The predicted octanol–water partition coefficient (Wildman–Crippen LogP) is 2.54. The number of hydrogen-bond donors (Lipinski definition) is 0. The molecule has 4 aliphatic carbocycles. The van der Waals surface area contributed by atoms with Crippen molar-refractivity contribution in [3.8, 4) is 0 Å². The maximum absolute atomic E-state index is 11.2. The van der Waals surface area contributed by atoms with Gasteiger partial charge in [-0.15, -0.1) is 0 Å². The molecule has 0 aliphatic heterocycles. The fourth-order valence-corrected chi connectivity index (χ4v) is 4.94. The van der Waals surface area contributed by atoms with E-state index in [4.69, 9.17) is 4.74 Å². The van der Waals surface area contributed by atoms with Gasteiger partial charge in [0.2, 0.25) is 0 Å². The molecule has 0 saturated heterocycles. The Morgan fingerprint density at radius 3 is 2.69 bits per heavy atom. The molecule has 0 aromatic rings. The molecule has 3 saturated carbocycles. The van der Waals surface area contributed by atoms with Crippen LogP contribution in [0.1, 0.15) is 33.1 Å². The van der Waals surface area contributed by atoms with E-state index in [0.717, 1.165) is 23.7 Å². The van der Waals surface area contributed by atoms with Crippen LogP contribution in [0.25, 0.3) is 0 Å². The summed E-state index contributed by atoms with van der Waals surface area (Å²) >= 11 is 0. The molecule has 0 amide bonds. The molecule has 0 aromatic carbocycles. The number of allylic oxidation sites excluding steroid dienone is 1. The smallest absolute Gasteiger partial charge is 0.303 e. The molecule has 3 fully saturated rings. The highest BCUT2D eigenvalue weighted by Crippen LogP contribution is 2.70. The zero-order valence-electron chi connectivity index (χ0n) is 9.90. The van der Waals surface area contributed by atoms with E-state index >= 15 is 0 Å². The maximum Gasteiger partial charge on any atom is 0.303 e. The highest BCUT2D eigenvalue weighted by Gasteiger charge is 2.65. The lowest BCUT2D eigenvalue weighted by atomic mass is 9.77. The van der Waals surface area contributed by atoms with Crippen LogP contribution in [0.15, 0.2) is 11.1 Å². The van der Waals surface area contributed by atoms with E-state index in [0.29, 0.717) is 5.92 Å². The lowest BCUT2D eigenvalue weighted by Crippen LogP contribution is -2.35.